The Balaban J connectivity index is 1.51. The van der Waals surface area contributed by atoms with Crippen molar-refractivity contribution in [3.05, 3.63) is 107 Å². The van der Waals surface area contributed by atoms with Crippen LogP contribution in [0.15, 0.2) is 78.3 Å². The van der Waals surface area contributed by atoms with Gasteiger partial charge >= 0.3 is 0 Å². The molecule has 39 heavy (non-hydrogen) atoms. The molecule has 8 nitrogen and oxygen atoms in total. The van der Waals surface area contributed by atoms with E-state index in [0.29, 0.717) is 35.6 Å². The second-order valence-corrected chi connectivity index (χ2v) is 10.3. The molecule has 3 aromatic rings. The number of aliphatic hydroxyl groups excluding tert-OH is 1. The van der Waals surface area contributed by atoms with Gasteiger partial charge in [0.25, 0.3) is 11.8 Å². The number of allylic oxidation sites excluding steroid dienone is 6. The van der Waals surface area contributed by atoms with Crippen molar-refractivity contribution < 1.29 is 19.1 Å². The number of benzene rings is 1. The van der Waals surface area contributed by atoms with Gasteiger partial charge in [-0.1, -0.05) is 38.1 Å². The third-order valence-electron chi connectivity index (χ3n) is 7.05. The first-order chi connectivity index (χ1) is 18.7. The monoisotopic (exact) mass is 529 g/mol. The second kappa shape index (κ2) is 10.9. The van der Waals surface area contributed by atoms with Gasteiger partial charge in [-0.15, -0.1) is 0 Å². The summed E-state index contributed by atoms with van der Waals surface area (Å²) >= 11 is 0. The molecule has 202 valence electrons. The molecule has 1 aromatic carbocycles. The van der Waals surface area contributed by atoms with Crippen LogP contribution in [0.4, 0.5) is 10.1 Å². The number of carbonyl (C=O) groups is 2. The summed E-state index contributed by atoms with van der Waals surface area (Å²) in [5, 5.41) is 17.6. The van der Waals surface area contributed by atoms with Crippen LogP contribution >= 0.6 is 0 Å². The van der Waals surface area contributed by atoms with Gasteiger partial charge in [0.15, 0.2) is 5.69 Å². The van der Waals surface area contributed by atoms with E-state index >= 15 is 0 Å². The number of fused-ring (bicyclic) bond motifs is 1. The van der Waals surface area contributed by atoms with Crippen LogP contribution in [-0.4, -0.2) is 43.1 Å². The van der Waals surface area contributed by atoms with Crippen molar-refractivity contribution in [1.29, 1.82) is 0 Å². The van der Waals surface area contributed by atoms with Crippen LogP contribution in [0.3, 0.4) is 0 Å². The van der Waals surface area contributed by atoms with E-state index in [0.717, 1.165) is 11.3 Å². The molecule has 9 heteroatoms. The van der Waals surface area contributed by atoms with Gasteiger partial charge in [0, 0.05) is 35.6 Å². The fourth-order valence-corrected chi connectivity index (χ4v) is 5.26. The molecule has 0 bridgehead atoms. The predicted octanol–water partition coefficient (Wildman–Crippen LogP) is 5.26. The highest BCUT2D eigenvalue weighted by molar-refractivity contribution is 6.04. The summed E-state index contributed by atoms with van der Waals surface area (Å²) in [6, 6.07) is 10.5. The molecule has 0 radical (unpaired) electrons. The first-order valence-corrected chi connectivity index (χ1v) is 13.1. The first-order valence-electron chi connectivity index (χ1n) is 13.1. The fourth-order valence-electron chi connectivity index (χ4n) is 5.26. The van der Waals surface area contributed by atoms with Gasteiger partial charge in [-0.25, -0.2) is 4.39 Å². The minimum atomic E-state index is -0.676. The zero-order chi connectivity index (χ0) is 27.7. The largest absolute Gasteiger partial charge is 0.389 e. The zero-order valence-electron chi connectivity index (χ0n) is 22.2. The molecular formula is C30H32FN5O3. The number of amides is 2. The van der Waals surface area contributed by atoms with Crippen LogP contribution < -0.4 is 5.32 Å². The highest BCUT2D eigenvalue weighted by atomic mass is 19.1. The number of carbonyl (C=O) groups excluding carboxylic acids is 2. The molecule has 1 aliphatic heterocycles. The molecule has 2 aliphatic rings. The summed E-state index contributed by atoms with van der Waals surface area (Å²) in [5.41, 5.74) is 4.38. The topological polar surface area (TPSA) is 103 Å². The van der Waals surface area contributed by atoms with Crippen molar-refractivity contribution >= 4 is 17.5 Å². The van der Waals surface area contributed by atoms with Gasteiger partial charge < -0.3 is 20.3 Å². The Labute approximate surface area is 226 Å². The van der Waals surface area contributed by atoms with Crippen molar-refractivity contribution in [3.63, 3.8) is 0 Å². The van der Waals surface area contributed by atoms with Crippen LogP contribution in [0.5, 0.6) is 0 Å². The molecule has 3 N–H and O–H groups in total. The number of nitrogens with zero attached hydrogens (tertiary/aromatic N) is 3. The predicted molar refractivity (Wildman–Crippen MR) is 147 cm³/mol. The summed E-state index contributed by atoms with van der Waals surface area (Å²) in [6.45, 7) is 6.65. The van der Waals surface area contributed by atoms with Crippen LogP contribution in [-0.2, 0) is 13.1 Å². The number of nitrogens with one attached hydrogen (secondary N) is 2. The van der Waals surface area contributed by atoms with Crippen molar-refractivity contribution in [1.82, 2.24) is 19.7 Å². The van der Waals surface area contributed by atoms with E-state index in [1.165, 1.54) is 6.08 Å². The normalized spacial score (nSPS) is 19.6. The Bertz CT molecular complexity index is 1480. The number of anilines is 1. The number of aliphatic hydroxyl groups is 1. The molecule has 2 aromatic heterocycles. The first kappa shape index (κ1) is 26.4. The maximum absolute atomic E-state index is 14.0. The average Bonchev–Trinajstić information content (AvgIpc) is 3.52. The SMILES string of the molecule is CC1C=C(F)C=CC(Cn2nc(C(=O)Nc3cccc([C@H](C)O)c3)c3c2C(C)CN(C(=O)c2ccc[nH]2)C3)=C1. The van der Waals surface area contributed by atoms with Gasteiger partial charge in [0.05, 0.1) is 19.2 Å². The number of hydrogen-bond acceptors (Lipinski definition) is 4. The Morgan fingerprint density at radius 3 is 2.77 bits per heavy atom. The molecule has 2 amide bonds. The summed E-state index contributed by atoms with van der Waals surface area (Å²) in [4.78, 5) is 31.5. The van der Waals surface area contributed by atoms with Crippen molar-refractivity contribution in [2.75, 3.05) is 11.9 Å². The number of aromatic nitrogens is 3. The van der Waals surface area contributed by atoms with Crippen molar-refractivity contribution in [2.24, 2.45) is 5.92 Å². The van der Waals surface area contributed by atoms with E-state index in [2.05, 4.69) is 10.3 Å². The third kappa shape index (κ3) is 5.63. The number of H-pyrrole nitrogens is 1. The molecule has 3 atom stereocenters. The van der Waals surface area contributed by atoms with E-state index in [9.17, 15) is 19.1 Å². The highest BCUT2D eigenvalue weighted by Gasteiger charge is 2.34. The highest BCUT2D eigenvalue weighted by Crippen LogP contribution is 2.33. The van der Waals surface area contributed by atoms with Gasteiger partial charge in [-0.05, 0) is 60.4 Å². The standard InChI is InChI=1S/C30H32FN5O3/c1-18-12-21(9-10-23(31)13-18)16-36-28-19(2)15-35(30(39)26-8-5-11-32-26)17-25(28)27(34-36)29(38)33-24-7-4-6-22(14-24)20(3)37/h4-14,18-20,32,37H,15-17H2,1-3H3,(H,33,38)/t18?,19?,20-/m0/s1. The lowest BCUT2D eigenvalue weighted by molar-refractivity contribution is 0.0711. The lowest BCUT2D eigenvalue weighted by Gasteiger charge is -2.32. The molecular weight excluding hydrogens is 497 g/mol. The minimum Gasteiger partial charge on any atom is -0.389 e. The van der Waals surface area contributed by atoms with Crippen molar-refractivity contribution in [3.8, 4) is 0 Å². The van der Waals surface area contributed by atoms with E-state index in [4.69, 9.17) is 5.10 Å². The Kier molecular flexibility index (Phi) is 7.34. The maximum Gasteiger partial charge on any atom is 0.276 e. The maximum atomic E-state index is 14.0. The third-order valence-corrected chi connectivity index (χ3v) is 7.05. The molecule has 0 spiro atoms. The Morgan fingerprint density at radius 1 is 1.21 bits per heavy atom. The number of rotatable bonds is 6. The summed E-state index contributed by atoms with van der Waals surface area (Å²) in [7, 11) is 0. The van der Waals surface area contributed by atoms with E-state index < -0.39 is 12.0 Å². The van der Waals surface area contributed by atoms with Gasteiger partial charge in [-0.3, -0.25) is 14.3 Å². The van der Waals surface area contributed by atoms with E-state index in [-0.39, 0.29) is 35.8 Å². The summed E-state index contributed by atoms with van der Waals surface area (Å²) < 4.78 is 15.8. The Morgan fingerprint density at radius 2 is 2.03 bits per heavy atom. The van der Waals surface area contributed by atoms with Crippen LogP contribution in [0.2, 0.25) is 0 Å². The fraction of sp³-hybridized carbons (Fsp3) is 0.300. The lowest BCUT2D eigenvalue weighted by atomic mass is 9.95. The molecule has 3 heterocycles. The smallest absolute Gasteiger partial charge is 0.276 e. The zero-order valence-corrected chi connectivity index (χ0v) is 22.2. The second-order valence-electron chi connectivity index (χ2n) is 10.3. The molecule has 0 saturated heterocycles. The van der Waals surface area contributed by atoms with Crippen LogP contribution in [0.25, 0.3) is 0 Å². The summed E-state index contributed by atoms with van der Waals surface area (Å²) in [6.07, 6.45) is 7.73. The number of hydrogen-bond donors (Lipinski definition) is 3. The molecule has 2 unspecified atom stereocenters. The molecule has 0 saturated carbocycles. The molecule has 0 fully saturated rings. The number of aromatic amines is 1. The minimum absolute atomic E-state index is 0.0864. The Hall–Kier alpha value is -4.24. The van der Waals surface area contributed by atoms with Crippen molar-refractivity contribution in [2.45, 2.75) is 45.9 Å². The van der Waals surface area contributed by atoms with Gasteiger partial charge in [0.2, 0.25) is 0 Å². The quantitative estimate of drug-likeness (QED) is 0.405. The summed E-state index contributed by atoms with van der Waals surface area (Å²) in [5.74, 6) is -1.02. The number of halogens is 1. The van der Waals surface area contributed by atoms with E-state index in [1.54, 1.807) is 66.6 Å². The van der Waals surface area contributed by atoms with Crippen LogP contribution in [0.1, 0.15) is 70.6 Å². The average molecular weight is 530 g/mol. The van der Waals surface area contributed by atoms with Gasteiger partial charge in [-0.2, -0.15) is 5.10 Å². The lowest BCUT2D eigenvalue weighted by Crippen LogP contribution is -2.38. The van der Waals surface area contributed by atoms with E-state index in [1.807, 2.05) is 24.6 Å². The van der Waals surface area contributed by atoms with Crippen LogP contribution in [0, 0.1) is 5.92 Å². The van der Waals surface area contributed by atoms with Gasteiger partial charge in [0.1, 0.15) is 11.5 Å². The molecule has 5 rings (SSSR count). The molecule has 1 aliphatic carbocycles.